The van der Waals surface area contributed by atoms with Crippen molar-refractivity contribution < 1.29 is 27.5 Å². The summed E-state index contributed by atoms with van der Waals surface area (Å²) in [5.41, 5.74) is 0.630. The van der Waals surface area contributed by atoms with Crippen LogP contribution in [0, 0.1) is 12.8 Å². The molecule has 1 aromatic heterocycles. The van der Waals surface area contributed by atoms with Gasteiger partial charge in [-0.05, 0) is 32.4 Å². The standard InChI is InChI=1S/C13H16F3NO3/c1-8-9(5-11(20-8)12(18)19)6-17-4-2-3-10(7-17)13(14,15)16/h5,10H,2-4,6-7H2,1H3,(H,18,19). The quantitative estimate of drug-likeness (QED) is 0.930. The van der Waals surface area contributed by atoms with Crippen molar-refractivity contribution in [2.75, 3.05) is 13.1 Å². The maximum atomic E-state index is 12.7. The smallest absolute Gasteiger partial charge is 0.393 e. The third-order valence-corrected chi connectivity index (χ3v) is 3.59. The Morgan fingerprint density at radius 1 is 1.55 bits per heavy atom. The average molecular weight is 291 g/mol. The molecule has 20 heavy (non-hydrogen) atoms. The third-order valence-electron chi connectivity index (χ3n) is 3.59. The van der Waals surface area contributed by atoms with Crippen LogP contribution in [-0.4, -0.2) is 35.2 Å². The highest BCUT2D eigenvalue weighted by atomic mass is 19.4. The number of nitrogens with zero attached hydrogens (tertiary/aromatic N) is 1. The number of carboxylic acid groups (broad SMARTS) is 1. The first-order valence-corrected chi connectivity index (χ1v) is 6.39. The average Bonchev–Trinajstić information content (AvgIpc) is 2.70. The van der Waals surface area contributed by atoms with Crippen LogP contribution in [0.15, 0.2) is 10.5 Å². The van der Waals surface area contributed by atoms with Gasteiger partial charge in [0, 0.05) is 18.7 Å². The van der Waals surface area contributed by atoms with Crippen molar-refractivity contribution in [1.82, 2.24) is 4.90 Å². The van der Waals surface area contributed by atoms with Gasteiger partial charge in [-0.1, -0.05) is 0 Å². The Bertz CT molecular complexity index is 496. The summed E-state index contributed by atoms with van der Waals surface area (Å²) in [7, 11) is 0. The number of carboxylic acids is 1. The van der Waals surface area contributed by atoms with Crippen LogP contribution in [-0.2, 0) is 6.54 Å². The molecule has 0 spiro atoms. The zero-order valence-corrected chi connectivity index (χ0v) is 11.0. The van der Waals surface area contributed by atoms with Gasteiger partial charge in [0.2, 0.25) is 5.76 Å². The van der Waals surface area contributed by atoms with Crippen molar-refractivity contribution in [3.8, 4) is 0 Å². The van der Waals surface area contributed by atoms with Crippen molar-refractivity contribution in [2.24, 2.45) is 5.92 Å². The Morgan fingerprint density at radius 2 is 2.25 bits per heavy atom. The van der Waals surface area contributed by atoms with Crippen LogP contribution in [0.25, 0.3) is 0 Å². The summed E-state index contributed by atoms with van der Waals surface area (Å²) < 4.78 is 43.2. The largest absolute Gasteiger partial charge is 0.475 e. The number of furan rings is 1. The lowest BCUT2D eigenvalue weighted by molar-refractivity contribution is -0.187. The zero-order chi connectivity index (χ0) is 14.9. The van der Waals surface area contributed by atoms with Crippen molar-refractivity contribution in [3.05, 3.63) is 23.2 Å². The topological polar surface area (TPSA) is 53.7 Å². The molecule has 1 aliphatic rings. The van der Waals surface area contributed by atoms with Crippen LogP contribution < -0.4 is 0 Å². The molecule has 1 aliphatic heterocycles. The first kappa shape index (κ1) is 14.9. The Labute approximate surface area is 114 Å². The predicted octanol–water partition coefficient (Wildman–Crippen LogP) is 3.06. The minimum absolute atomic E-state index is 0.0451. The zero-order valence-electron chi connectivity index (χ0n) is 11.0. The van der Waals surface area contributed by atoms with Gasteiger partial charge in [-0.25, -0.2) is 4.79 Å². The third kappa shape index (κ3) is 3.33. The highest BCUT2D eigenvalue weighted by molar-refractivity contribution is 5.84. The van der Waals surface area contributed by atoms with E-state index in [1.165, 1.54) is 6.07 Å². The summed E-state index contributed by atoms with van der Waals surface area (Å²) in [6.45, 7) is 2.44. The molecule has 0 saturated carbocycles. The van der Waals surface area contributed by atoms with E-state index in [0.717, 1.165) is 0 Å². The molecule has 1 saturated heterocycles. The molecule has 1 unspecified atom stereocenters. The summed E-state index contributed by atoms with van der Waals surface area (Å²) in [5, 5.41) is 8.82. The van der Waals surface area contributed by atoms with Crippen LogP contribution in [0.1, 0.15) is 34.7 Å². The van der Waals surface area contributed by atoms with Gasteiger partial charge >= 0.3 is 12.1 Å². The van der Waals surface area contributed by atoms with E-state index in [1.54, 1.807) is 11.8 Å². The number of aryl methyl sites for hydroxylation is 1. The molecule has 112 valence electrons. The van der Waals surface area contributed by atoms with Gasteiger partial charge in [-0.2, -0.15) is 13.2 Å². The number of halogens is 3. The highest BCUT2D eigenvalue weighted by Gasteiger charge is 2.41. The van der Waals surface area contributed by atoms with Crippen LogP contribution in [0.2, 0.25) is 0 Å². The fourth-order valence-corrected chi connectivity index (χ4v) is 2.49. The summed E-state index contributed by atoms with van der Waals surface area (Å²) in [5.74, 6) is -2.22. The molecule has 0 aliphatic carbocycles. The molecular weight excluding hydrogens is 275 g/mol. The Hall–Kier alpha value is -1.50. The highest BCUT2D eigenvalue weighted by Crippen LogP contribution is 2.33. The monoisotopic (exact) mass is 291 g/mol. The van der Waals surface area contributed by atoms with E-state index in [2.05, 4.69) is 0 Å². The number of alkyl halides is 3. The van der Waals surface area contributed by atoms with Gasteiger partial charge in [0.05, 0.1) is 5.92 Å². The summed E-state index contributed by atoms with van der Waals surface area (Å²) in [6, 6.07) is 1.38. The number of hydrogen-bond donors (Lipinski definition) is 1. The van der Waals surface area contributed by atoms with Crippen LogP contribution in [0.5, 0.6) is 0 Å². The predicted molar refractivity (Wildman–Crippen MR) is 64.5 cm³/mol. The van der Waals surface area contributed by atoms with Crippen LogP contribution >= 0.6 is 0 Å². The molecular formula is C13H16F3NO3. The van der Waals surface area contributed by atoms with Crippen LogP contribution in [0.3, 0.4) is 0 Å². The lowest BCUT2D eigenvalue weighted by atomic mass is 9.97. The van der Waals surface area contributed by atoms with Crippen molar-refractivity contribution in [1.29, 1.82) is 0 Å². The Kier molecular flexibility index (Phi) is 4.08. The molecule has 0 amide bonds. The van der Waals surface area contributed by atoms with Gasteiger partial charge in [-0.15, -0.1) is 0 Å². The second-order valence-electron chi connectivity index (χ2n) is 5.11. The van der Waals surface area contributed by atoms with E-state index >= 15 is 0 Å². The molecule has 0 radical (unpaired) electrons. The first-order chi connectivity index (χ1) is 9.27. The molecule has 1 atom stereocenters. The summed E-state index contributed by atoms with van der Waals surface area (Å²) in [6.07, 6.45) is -3.52. The van der Waals surface area contributed by atoms with Crippen molar-refractivity contribution in [2.45, 2.75) is 32.5 Å². The molecule has 1 fully saturated rings. The van der Waals surface area contributed by atoms with E-state index < -0.39 is 18.1 Å². The number of piperidine rings is 1. The molecule has 1 N–H and O–H groups in total. The second-order valence-corrected chi connectivity index (χ2v) is 5.11. The van der Waals surface area contributed by atoms with Gasteiger partial charge in [0.15, 0.2) is 0 Å². The first-order valence-electron chi connectivity index (χ1n) is 6.39. The maximum absolute atomic E-state index is 12.7. The molecule has 1 aromatic rings. The Balaban J connectivity index is 2.04. The summed E-state index contributed by atoms with van der Waals surface area (Å²) >= 11 is 0. The van der Waals surface area contributed by atoms with Gasteiger partial charge in [0.25, 0.3) is 0 Å². The molecule has 2 rings (SSSR count). The minimum Gasteiger partial charge on any atom is -0.475 e. The lowest BCUT2D eigenvalue weighted by Crippen LogP contribution is -2.41. The van der Waals surface area contributed by atoms with E-state index in [1.807, 2.05) is 0 Å². The SMILES string of the molecule is Cc1oc(C(=O)O)cc1CN1CCCC(C(F)(F)F)C1. The minimum atomic E-state index is -4.17. The molecule has 0 aromatic carbocycles. The van der Waals surface area contributed by atoms with Crippen molar-refractivity contribution in [3.63, 3.8) is 0 Å². The van der Waals surface area contributed by atoms with Crippen LogP contribution in [0.4, 0.5) is 13.2 Å². The molecule has 7 heteroatoms. The fraction of sp³-hybridized carbons (Fsp3) is 0.615. The number of rotatable bonds is 3. The Morgan fingerprint density at radius 3 is 2.80 bits per heavy atom. The molecule has 0 bridgehead atoms. The normalized spacial score (nSPS) is 21.1. The molecule has 2 heterocycles. The number of carbonyl (C=O) groups is 1. The lowest BCUT2D eigenvalue weighted by Gasteiger charge is -2.33. The van der Waals surface area contributed by atoms with E-state index in [9.17, 15) is 18.0 Å². The fourth-order valence-electron chi connectivity index (χ4n) is 2.49. The number of aromatic carboxylic acids is 1. The van der Waals surface area contributed by atoms with E-state index in [-0.39, 0.29) is 25.3 Å². The second kappa shape index (κ2) is 5.47. The maximum Gasteiger partial charge on any atom is 0.393 e. The van der Waals surface area contributed by atoms with E-state index in [4.69, 9.17) is 9.52 Å². The van der Waals surface area contributed by atoms with E-state index in [0.29, 0.717) is 24.3 Å². The van der Waals surface area contributed by atoms with Crippen molar-refractivity contribution >= 4 is 5.97 Å². The van der Waals surface area contributed by atoms with Gasteiger partial charge in [0.1, 0.15) is 5.76 Å². The number of likely N-dealkylation sites (tertiary alicyclic amines) is 1. The molecule has 4 nitrogen and oxygen atoms in total. The summed E-state index contributed by atoms with van der Waals surface area (Å²) in [4.78, 5) is 12.5. The van der Waals surface area contributed by atoms with Gasteiger partial charge in [-0.3, -0.25) is 4.90 Å². The van der Waals surface area contributed by atoms with Gasteiger partial charge < -0.3 is 9.52 Å². The number of hydrogen-bond acceptors (Lipinski definition) is 3.